The molecule has 22 heavy (non-hydrogen) atoms. The number of hydrogen-bond donors (Lipinski definition) is 1. The van der Waals surface area contributed by atoms with E-state index in [-0.39, 0.29) is 12.1 Å². The molecule has 3 aromatic rings. The van der Waals surface area contributed by atoms with Crippen molar-refractivity contribution >= 4 is 0 Å². The van der Waals surface area contributed by atoms with Crippen LogP contribution in [0.15, 0.2) is 55.1 Å². The molecule has 0 fully saturated rings. The van der Waals surface area contributed by atoms with Crippen LogP contribution in [0.25, 0.3) is 11.4 Å². The summed E-state index contributed by atoms with van der Waals surface area (Å²) in [6.07, 6.45) is 5.48. The summed E-state index contributed by atoms with van der Waals surface area (Å²) in [7, 11) is 0. The normalized spacial score (nSPS) is 12.3. The Morgan fingerprint density at radius 3 is 2.59 bits per heavy atom. The Kier molecular flexibility index (Phi) is 3.93. The third-order valence-corrected chi connectivity index (χ3v) is 3.35. The van der Waals surface area contributed by atoms with Gasteiger partial charge in [0, 0.05) is 42.0 Å². The third-order valence-electron chi connectivity index (χ3n) is 3.35. The summed E-state index contributed by atoms with van der Waals surface area (Å²) in [5.41, 5.74) is 0.891. The van der Waals surface area contributed by atoms with Gasteiger partial charge in [0.1, 0.15) is 17.5 Å². The lowest BCUT2D eigenvalue weighted by Crippen LogP contribution is -2.11. The number of imidazole rings is 1. The predicted molar refractivity (Wildman–Crippen MR) is 76.8 cm³/mol. The maximum atomic E-state index is 13.7. The molecule has 2 heterocycles. The predicted octanol–water partition coefficient (Wildman–Crippen LogP) is 2.96. The van der Waals surface area contributed by atoms with Gasteiger partial charge in [0.15, 0.2) is 0 Å². The van der Waals surface area contributed by atoms with Crippen LogP contribution < -0.4 is 0 Å². The van der Waals surface area contributed by atoms with Crippen LogP contribution in [0.1, 0.15) is 11.7 Å². The summed E-state index contributed by atoms with van der Waals surface area (Å²) >= 11 is 0. The van der Waals surface area contributed by atoms with E-state index in [4.69, 9.17) is 0 Å². The fraction of sp³-hybridized carbons (Fsp3) is 0.125. The van der Waals surface area contributed by atoms with Crippen LogP contribution in [0, 0.1) is 11.6 Å². The third kappa shape index (κ3) is 2.87. The molecule has 0 radical (unpaired) electrons. The summed E-state index contributed by atoms with van der Waals surface area (Å²) in [4.78, 5) is 8.18. The zero-order chi connectivity index (χ0) is 15.5. The smallest absolute Gasteiger partial charge is 0.140 e. The van der Waals surface area contributed by atoms with Gasteiger partial charge < -0.3 is 9.67 Å². The van der Waals surface area contributed by atoms with E-state index in [9.17, 15) is 13.9 Å². The first kappa shape index (κ1) is 14.3. The van der Waals surface area contributed by atoms with Gasteiger partial charge in [-0.15, -0.1) is 0 Å². The lowest BCUT2D eigenvalue weighted by molar-refractivity contribution is 0.152. The second kappa shape index (κ2) is 6.03. The first-order valence-corrected chi connectivity index (χ1v) is 6.69. The quantitative estimate of drug-likeness (QED) is 0.806. The largest absolute Gasteiger partial charge is 0.386 e. The van der Waals surface area contributed by atoms with E-state index in [2.05, 4.69) is 9.97 Å². The molecule has 0 bridgehead atoms. The topological polar surface area (TPSA) is 50.9 Å². The van der Waals surface area contributed by atoms with Gasteiger partial charge in [-0.1, -0.05) is 6.07 Å². The molecule has 112 valence electrons. The van der Waals surface area contributed by atoms with Crippen molar-refractivity contribution in [2.45, 2.75) is 12.6 Å². The van der Waals surface area contributed by atoms with Gasteiger partial charge in [0.2, 0.25) is 0 Å². The van der Waals surface area contributed by atoms with E-state index in [0.717, 1.165) is 17.7 Å². The molecule has 0 saturated carbocycles. The second-order valence-corrected chi connectivity index (χ2v) is 4.82. The maximum Gasteiger partial charge on any atom is 0.140 e. The van der Waals surface area contributed by atoms with Gasteiger partial charge in [-0.25, -0.2) is 13.8 Å². The molecule has 4 nitrogen and oxygen atoms in total. The van der Waals surface area contributed by atoms with E-state index in [1.807, 2.05) is 0 Å². The summed E-state index contributed by atoms with van der Waals surface area (Å²) in [5, 5.41) is 10.2. The molecular weight excluding hydrogens is 288 g/mol. The van der Waals surface area contributed by atoms with Crippen molar-refractivity contribution in [3.05, 3.63) is 72.3 Å². The maximum absolute atomic E-state index is 13.7. The Hall–Kier alpha value is -2.60. The molecule has 1 atom stereocenters. The van der Waals surface area contributed by atoms with Crippen LogP contribution in [0.2, 0.25) is 0 Å². The number of aliphatic hydroxyl groups excluding tert-OH is 1. The Bertz CT molecular complexity index is 774. The van der Waals surface area contributed by atoms with Crippen molar-refractivity contribution in [3.63, 3.8) is 0 Å². The van der Waals surface area contributed by atoms with Gasteiger partial charge in [0.05, 0.1) is 12.6 Å². The summed E-state index contributed by atoms with van der Waals surface area (Å²) in [5.74, 6) is -0.796. The van der Waals surface area contributed by atoms with Crippen molar-refractivity contribution in [1.29, 1.82) is 0 Å². The van der Waals surface area contributed by atoms with E-state index in [1.54, 1.807) is 41.5 Å². The number of pyridine rings is 1. The number of hydrogen-bond acceptors (Lipinski definition) is 3. The van der Waals surface area contributed by atoms with Crippen LogP contribution in [0.4, 0.5) is 8.78 Å². The molecule has 0 aliphatic carbocycles. The molecular formula is C16H13F2N3O. The van der Waals surface area contributed by atoms with Gasteiger partial charge in [0.25, 0.3) is 0 Å². The Balaban J connectivity index is 1.86. The van der Waals surface area contributed by atoms with Crippen LogP contribution in [0.5, 0.6) is 0 Å². The van der Waals surface area contributed by atoms with Crippen LogP contribution in [-0.2, 0) is 6.54 Å². The van der Waals surface area contributed by atoms with Gasteiger partial charge in [-0.2, -0.15) is 0 Å². The zero-order valence-corrected chi connectivity index (χ0v) is 11.5. The molecule has 3 rings (SSSR count). The molecule has 2 aromatic heterocycles. The standard InChI is InChI=1S/C16H13F2N3O/c17-12-1-2-13(14(18)9-12)15(22)10-21-8-7-20-16(21)11-3-5-19-6-4-11/h1-9,15,22H,10H2/t15-/m0/s1. The van der Waals surface area contributed by atoms with Gasteiger partial charge in [-0.3, -0.25) is 4.98 Å². The SMILES string of the molecule is O[C@@H](Cn1ccnc1-c1ccncc1)c1ccc(F)cc1F. The summed E-state index contributed by atoms with van der Waals surface area (Å²) < 4.78 is 28.4. The van der Waals surface area contributed by atoms with Gasteiger partial charge >= 0.3 is 0 Å². The molecule has 0 aliphatic rings. The first-order chi connectivity index (χ1) is 10.6. The van der Waals surface area contributed by atoms with Crippen LogP contribution >= 0.6 is 0 Å². The van der Waals surface area contributed by atoms with Crippen molar-refractivity contribution in [2.24, 2.45) is 0 Å². The van der Waals surface area contributed by atoms with Crippen LogP contribution in [-0.4, -0.2) is 19.6 Å². The summed E-state index contributed by atoms with van der Waals surface area (Å²) in [6, 6.07) is 6.72. The molecule has 0 saturated heterocycles. The Morgan fingerprint density at radius 2 is 1.86 bits per heavy atom. The van der Waals surface area contributed by atoms with E-state index < -0.39 is 17.7 Å². The average molecular weight is 301 g/mol. The van der Waals surface area contributed by atoms with Crippen LogP contribution in [0.3, 0.4) is 0 Å². The number of aromatic nitrogens is 3. The molecule has 0 aliphatic heterocycles. The molecule has 6 heteroatoms. The first-order valence-electron chi connectivity index (χ1n) is 6.69. The highest BCUT2D eigenvalue weighted by Crippen LogP contribution is 2.23. The lowest BCUT2D eigenvalue weighted by atomic mass is 10.1. The zero-order valence-electron chi connectivity index (χ0n) is 11.5. The van der Waals surface area contributed by atoms with E-state index in [0.29, 0.717) is 5.82 Å². The van der Waals surface area contributed by atoms with Crippen molar-refractivity contribution in [3.8, 4) is 11.4 Å². The van der Waals surface area contributed by atoms with Crippen molar-refractivity contribution < 1.29 is 13.9 Å². The average Bonchev–Trinajstić information content (AvgIpc) is 2.96. The highest BCUT2D eigenvalue weighted by molar-refractivity contribution is 5.54. The number of aliphatic hydroxyl groups is 1. The molecule has 1 N–H and O–H groups in total. The Morgan fingerprint density at radius 1 is 1.09 bits per heavy atom. The Labute approximate surface area is 125 Å². The minimum absolute atomic E-state index is 0.0516. The van der Waals surface area contributed by atoms with E-state index >= 15 is 0 Å². The van der Waals surface area contributed by atoms with Crippen molar-refractivity contribution in [2.75, 3.05) is 0 Å². The second-order valence-electron chi connectivity index (χ2n) is 4.82. The number of benzene rings is 1. The highest BCUT2D eigenvalue weighted by Gasteiger charge is 2.16. The minimum Gasteiger partial charge on any atom is -0.386 e. The molecule has 1 aromatic carbocycles. The fourth-order valence-electron chi connectivity index (χ4n) is 2.27. The molecule has 0 amide bonds. The number of nitrogens with zero attached hydrogens (tertiary/aromatic N) is 3. The highest BCUT2D eigenvalue weighted by atomic mass is 19.1. The summed E-state index contributed by atoms with van der Waals surface area (Å²) in [6.45, 7) is 0.111. The fourth-order valence-corrected chi connectivity index (χ4v) is 2.27. The molecule has 0 unspecified atom stereocenters. The number of halogens is 2. The van der Waals surface area contributed by atoms with E-state index in [1.165, 1.54) is 6.07 Å². The number of rotatable bonds is 4. The molecule has 0 spiro atoms. The minimum atomic E-state index is -1.10. The lowest BCUT2D eigenvalue weighted by Gasteiger charge is -2.15. The van der Waals surface area contributed by atoms with Crippen molar-refractivity contribution in [1.82, 2.24) is 14.5 Å². The van der Waals surface area contributed by atoms with Gasteiger partial charge in [-0.05, 0) is 18.2 Å². The monoisotopic (exact) mass is 301 g/mol.